The molecule has 0 radical (unpaired) electrons. The molecule has 0 aliphatic carbocycles. The molecular formula is C16H16FN7O2. The van der Waals surface area contributed by atoms with Crippen molar-refractivity contribution >= 4 is 11.8 Å². The SMILES string of the molecule is NC[C@H]1CN(c2ccc(-n3cc(Cn4cncn4)cn3)c(F)c2)C(=O)O1. The number of aromatic nitrogens is 5. The molecule has 3 aromatic rings. The summed E-state index contributed by atoms with van der Waals surface area (Å²) < 4.78 is 22.8. The van der Waals surface area contributed by atoms with Gasteiger partial charge < -0.3 is 10.5 Å². The molecule has 26 heavy (non-hydrogen) atoms. The monoisotopic (exact) mass is 357 g/mol. The first-order valence-electron chi connectivity index (χ1n) is 7.98. The number of nitrogens with two attached hydrogens (primary N) is 1. The maximum atomic E-state index is 14.6. The second-order valence-corrected chi connectivity index (χ2v) is 5.87. The van der Waals surface area contributed by atoms with E-state index in [1.807, 2.05) is 0 Å². The Morgan fingerprint density at radius 1 is 1.35 bits per heavy atom. The average Bonchev–Trinajstić information content (AvgIpc) is 3.36. The van der Waals surface area contributed by atoms with Gasteiger partial charge in [-0.15, -0.1) is 0 Å². The summed E-state index contributed by atoms with van der Waals surface area (Å²) in [5.74, 6) is -0.498. The van der Waals surface area contributed by atoms with Crippen LogP contribution in [0, 0.1) is 5.82 Å². The summed E-state index contributed by atoms with van der Waals surface area (Å²) in [5.41, 5.74) is 7.07. The quantitative estimate of drug-likeness (QED) is 0.729. The molecule has 1 amide bonds. The minimum absolute atomic E-state index is 0.227. The second kappa shape index (κ2) is 6.56. The third-order valence-corrected chi connectivity index (χ3v) is 4.07. The predicted molar refractivity (Wildman–Crippen MR) is 89.3 cm³/mol. The average molecular weight is 357 g/mol. The number of cyclic esters (lactones) is 1. The number of amides is 1. The highest BCUT2D eigenvalue weighted by Gasteiger charge is 2.31. The summed E-state index contributed by atoms with van der Waals surface area (Å²) in [4.78, 5) is 17.1. The van der Waals surface area contributed by atoms with E-state index in [1.165, 1.54) is 22.0 Å². The molecule has 1 aromatic carbocycles. The predicted octanol–water partition coefficient (Wildman–Crippen LogP) is 0.935. The van der Waals surface area contributed by atoms with E-state index < -0.39 is 11.9 Å². The summed E-state index contributed by atoms with van der Waals surface area (Å²) in [5, 5.41) is 8.21. The van der Waals surface area contributed by atoms with E-state index in [4.69, 9.17) is 10.5 Å². The van der Waals surface area contributed by atoms with Crippen LogP contribution in [0.5, 0.6) is 0 Å². The largest absolute Gasteiger partial charge is 0.443 e. The number of anilines is 1. The zero-order valence-corrected chi connectivity index (χ0v) is 13.7. The number of rotatable bonds is 5. The third-order valence-electron chi connectivity index (χ3n) is 4.07. The normalized spacial score (nSPS) is 16.9. The van der Waals surface area contributed by atoms with Crippen molar-refractivity contribution < 1.29 is 13.9 Å². The first-order valence-corrected chi connectivity index (χ1v) is 7.98. The molecule has 9 nitrogen and oxygen atoms in total. The zero-order chi connectivity index (χ0) is 18.1. The number of halogens is 1. The number of carbonyl (C=O) groups excluding carboxylic acids is 1. The number of ether oxygens (including phenoxy) is 1. The fourth-order valence-corrected chi connectivity index (χ4v) is 2.78. The van der Waals surface area contributed by atoms with E-state index in [-0.39, 0.29) is 18.3 Å². The Morgan fingerprint density at radius 2 is 2.23 bits per heavy atom. The zero-order valence-electron chi connectivity index (χ0n) is 13.7. The van der Waals surface area contributed by atoms with Gasteiger partial charge in [-0.3, -0.25) is 4.90 Å². The summed E-state index contributed by atoms with van der Waals surface area (Å²) in [7, 11) is 0. The first-order chi connectivity index (χ1) is 12.6. The van der Waals surface area contributed by atoms with Crippen LogP contribution >= 0.6 is 0 Å². The van der Waals surface area contributed by atoms with Crippen LogP contribution in [0.4, 0.5) is 14.9 Å². The van der Waals surface area contributed by atoms with E-state index in [2.05, 4.69) is 15.2 Å². The summed E-state index contributed by atoms with van der Waals surface area (Å²) in [6.45, 7) is 1.02. The molecule has 0 unspecified atom stereocenters. The highest BCUT2D eigenvalue weighted by Crippen LogP contribution is 2.25. The van der Waals surface area contributed by atoms with Crippen molar-refractivity contribution in [1.82, 2.24) is 24.5 Å². The highest BCUT2D eigenvalue weighted by atomic mass is 19.1. The number of nitrogens with zero attached hydrogens (tertiary/aromatic N) is 6. The Labute approximate surface area is 147 Å². The van der Waals surface area contributed by atoms with Crippen LogP contribution in [-0.2, 0) is 11.3 Å². The molecule has 1 fully saturated rings. The van der Waals surface area contributed by atoms with Crippen molar-refractivity contribution in [3.8, 4) is 5.69 Å². The number of carbonyl (C=O) groups is 1. The van der Waals surface area contributed by atoms with Gasteiger partial charge in [0.1, 0.15) is 24.4 Å². The molecule has 0 spiro atoms. The van der Waals surface area contributed by atoms with Crippen molar-refractivity contribution in [2.75, 3.05) is 18.0 Å². The molecule has 10 heteroatoms. The van der Waals surface area contributed by atoms with Gasteiger partial charge in [-0.1, -0.05) is 0 Å². The van der Waals surface area contributed by atoms with Gasteiger partial charge in [0.2, 0.25) is 0 Å². The maximum Gasteiger partial charge on any atom is 0.414 e. The lowest BCUT2D eigenvalue weighted by atomic mass is 10.2. The lowest BCUT2D eigenvalue weighted by molar-refractivity contribution is 0.145. The Bertz CT molecular complexity index is 925. The Morgan fingerprint density at radius 3 is 2.92 bits per heavy atom. The number of benzene rings is 1. The standard InChI is InChI=1S/C16H16FN7O2/c17-14-3-12(23-8-13(4-18)26-16(23)25)1-2-15(14)24-7-11(5-20-24)6-22-10-19-9-21-22/h1-3,5,7,9-10,13H,4,6,8,18H2/t13-/m0/s1. The van der Waals surface area contributed by atoms with E-state index in [0.717, 1.165) is 5.56 Å². The van der Waals surface area contributed by atoms with Crippen LogP contribution in [0.1, 0.15) is 5.56 Å². The van der Waals surface area contributed by atoms with E-state index in [0.29, 0.717) is 18.8 Å². The molecule has 1 aliphatic rings. The van der Waals surface area contributed by atoms with Gasteiger partial charge in [0, 0.05) is 18.3 Å². The van der Waals surface area contributed by atoms with Crippen molar-refractivity contribution in [2.24, 2.45) is 5.73 Å². The van der Waals surface area contributed by atoms with Crippen LogP contribution in [0.25, 0.3) is 5.69 Å². The Kier molecular flexibility index (Phi) is 4.09. The van der Waals surface area contributed by atoms with Crippen molar-refractivity contribution in [1.29, 1.82) is 0 Å². The van der Waals surface area contributed by atoms with Gasteiger partial charge in [-0.05, 0) is 18.2 Å². The molecule has 0 bridgehead atoms. The van der Waals surface area contributed by atoms with Crippen LogP contribution in [-0.4, -0.2) is 49.8 Å². The van der Waals surface area contributed by atoms with Crippen molar-refractivity contribution in [2.45, 2.75) is 12.6 Å². The second-order valence-electron chi connectivity index (χ2n) is 5.87. The smallest absolute Gasteiger partial charge is 0.414 e. The molecule has 1 aliphatic heterocycles. The summed E-state index contributed by atoms with van der Waals surface area (Å²) in [6, 6.07) is 4.51. The van der Waals surface area contributed by atoms with Gasteiger partial charge in [0.25, 0.3) is 0 Å². The van der Waals surface area contributed by atoms with Gasteiger partial charge in [0.15, 0.2) is 5.82 Å². The van der Waals surface area contributed by atoms with Crippen molar-refractivity contribution in [3.05, 3.63) is 54.6 Å². The molecule has 0 saturated carbocycles. The highest BCUT2D eigenvalue weighted by molar-refractivity contribution is 5.89. The van der Waals surface area contributed by atoms with Crippen LogP contribution in [0.15, 0.2) is 43.2 Å². The Hall–Kier alpha value is -3.27. The first kappa shape index (κ1) is 16.2. The van der Waals surface area contributed by atoms with Gasteiger partial charge in [-0.2, -0.15) is 10.2 Å². The van der Waals surface area contributed by atoms with E-state index in [1.54, 1.807) is 35.5 Å². The molecule has 1 atom stereocenters. The topological polar surface area (TPSA) is 104 Å². The van der Waals surface area contributed by atoms with Gasteiger partial charge in [0.05, 0.1) is 25.0 Å². The maximum absolute atomic E-state index is 14.6. The minimum Gasteiger partial charge on any atom is -0.443 e. The van der Waals surface area contributed by atoms with Crippen LogP contribution in [0.2, 0.25) is 0 Å². The number of hydrogen-bond donors (Lipinski definition) is 1. The summed E-state index contributed by atoms with van der Waals surface area (Å²) in [6.07, 6.45) is 5.49. The molecule has 4 rings (SSSR count). The molecule has 2 N–H and O–H groups in total. The van der Waals surface area contributed by atoms with Crippen LogP contribution in [0.3, 0.4) is 0 Å². The van der Waals surface area contributed by atoms with Crippen LogP contribution < -0.4 is 10.6 Å². The lowest BCUT2D eigenvalue weighted by Crippen LogP contribution is -2.27. The van der Waals surface area contributed by atoms with Crippen molar-refractivity contribution in [3.63, 3.8) is 0 Å². The molecule has 3 heterocycles. The fourth-order valence-electron chi connectivity index (χ4n) is 2.78. The van der Waals surface area contributed by atoms with E-state index >= 15 is 0 Å². The van der Waals surface area contributed by atoms with Gasteiger partial charge >= 0.3 is 6.09 Å². The third kappa shape index (κ3) is 3.02. The molecular weight excluding hydrogens is 341 g/mol. The Balaban J connectivity index is 1.55. The van der Waals surface area contributed by atoms with Gasteiger partial charge in [-0.25, -0.2) is 23.5 Å². The molecule has 134 valence electrons. The molecule has 2 aromatic heterocycles. The summed E-state index contributed by atoms with van der Waals surface area (Å²) >= 11 is 0. The fraction of sp³-hybridized carbons (Fsp3) is 0.250. The number of hydrogen-bond acceptors (Lipinski definition) is 6. The van der Waals surface area contributed by atoms with E-state index in [9.17, 15) is 9.18 Å². The lowest BCUT2D eigenvalue weighted by Gasteiger charge is -2.14. The molecule has 1 saturated heterocycles. The minimum atomic E-state index is -0.526.